The second-order valence-corrected chi connectivity index (χ2v) is 2.60. The zero-order valence-electron chi connectivity index (χ0n) is 6.45. The summed E-state index contributed by atoms with van der Waals surface area (Å²) in [5.74, 6) is 1.25. The lowest BCUT2D eigenvalue weighted by Crippen LogP contribution is -1.88. The van der Waals surface area contributed by atoms with Crippen LogP contribution in [-0.4, -0.2) is 5.97 Å². The van der Waals surface area contributed by atoms with Gasteiger partial charge < -0.3 is 9.15 Å². The summed E-state index contributed by atoms with van der Waals surface area (Å²) in [6, 6.07) is 3.61. The topological polar surface area (TPSA) is 39.4 Å². The number of carbonyl (C=O) groups is 1. The summed E-state index contributed by atoms with van der Waals surface area (Å²) in [5.41, 5.74) is 0. The second-order valence-electron chi connectivity index (χ2n) is 2.60. The third-order valence-corrected chi connectivity index (χ3v) is 1.67. The van der Waals surface area contributed by atoms with Crippen LogP contribution >= 0.6 is 0 Å². The van der Waals surface area contributed by atoms with Gasteiger partial charge in [0.15, 0.2) is 0 Å². The van der Waals surface area contributed by atoms with Crippen LogP contribution in [0.25, 0.3) is 6.08 Å². The van der Waals surface area contributed by atoms with Crippen LogP contribution in [0.15, 0.2) is 28.6 Å². The maximum Gasteiger partial charge on any atom is 0.311 e. The van der Waals surface area contributed by atoms with E-state index in [1.807, 2.05) is 6.07 Å². The van der Waals surface area contributed by atoms with E-state index in [2.05, 4.69) is 0 Å². The predicted octanol–water partition coefficient (Wildman–Crippen LogP) is 1.96. The highest BCUT2D eigenvalue weighted by Crippen LogP contribution is 2.20. The normalized spacial score (nSPS) is 20.0. The molecule has 0 radical (unpaired) electrons. The molecule has 0 unspecified atom stereocenters. The molecule has 62 valence electrons. The molecule has 0 saturated carbocycles. The van der Waals surface area contributed by atoms with Crippen molar-refractivity contribution in [2.45, 2.75) is 12.8 Å². The molecule has 0 spiro atoms. The first kappa shape index (κ1) is 7.16. The van der Waals surface area contributed by atoms with E-state index in [0.29, 0.717) is 18.6 Å². The first-order chi connectivity index (χ1) is 5.84. The molecule has 2 heterocycles. The van der Waals surface area contributed by atoms with Crippen molar-refractivity contribution in [1.82, 2.24) is 0 Å². The molecule has 0 aliphatic carbocycles. The van der Waals surface area contributed by atoms with E-state index in [1.165, 1.54) is 0 Å². The number of furan rings is 1. The van der Waals surface area contributed by atoms with E-state index in [4.69, 9.17) is 9.15 Å². The van der Waals surface area contributed by atoms with Crippen molar-refractivity contribution in [2.75, 3.05) is 0 Å². The third kappa shape index (κ3) is 1.39. The molecule has 0 amide bonds. The molecule has 1 aliphatic rings. The molecule has 3 heteroatoms. The van der Waals surface area contributed by atoms with Crippen LogP contribution in [0.5, 0.6) is 0 Å². The van der Waals surface area contributed by atoms with Crippen LogP contribution in [0.1, 0.15) is 18.6 Å². The van der Waals surface area contributed by atoms with Gasteiger partial charge in [-0.05, 0) is 12.1 Å². The molecular weight excluding hydrogens is 156 g/mol. The monoisotopic (exact) mass is 164 g/mol. The number of rotatable bonds is 1. The summed E-state index contributed by atoms with van der Waals surface area (Å²) < 4.78 is 9.96. The first-order valence-corrected chi connectivity index (χ1v) is 3.79. The molecular formula is C9H8O3. The Labute approximate surface area is 69.6 Å². The van der Waals surface area contributed by atoms with Gasteiger partial charge in [0.25, 0.3) is 0 Å². The van der Waals surface area contributed by atoms with Crippen molar-refractivity contribution >= 4 is 12.0 Å². The van der Waals surface area contributed by atoms with Gasteiger partial charge >= 0.3 is 5.97 Å². The SMILES string of the molecule is O=C1CCC(=Cc2ccco2)O1. The molecule has 3 nitrogen and oxygen atoms in total. The molecule has 1 aliphatic heterocycles. The zero-order valence-corrected chi connectivity index (χ0v) is 6.45. The highest BCUT2D eigenvalue weighted by atomic mass is 16.5. The molecule has 0 N–H and O–H groups in total. The Balaban J connectivity index is 2.15. The fourth-order valence-corrected chi connectivity index (χ4v) is 1.11. The molecule has 0 bridgehead atoms. The van der Waals surface area contributed by atoms with E-state index in [1.54, 1.807) is 18.4 Å². The fraction of sp³-hybridized carbons (Fsp3) is 0.222. The average Bonchev–Trinajstić information content (AvgIpc) is 2.63. The minimum atomic E-state index is -0.159. The number of carbonyl (C=O) groups excluding carboxylic acids is 1. The van der Waals surface area contributed by atoms with Crippen LogP contribution in [0.3, 0.4) is 0 Å². The van der Waals surface area contributed by atoms with Gasteiger partial charge in [0.2, 0.25) is 0 Å². The Kier molecular flexibility index (Phi) is 1.70. The Morgan fingerprint density at radius 2 is 2.33 bits per heavy atom. The smallest absolute Gasteiger partial charge is 0.311 e. The van der Waals surface area contributed by atoms with Gasteiger partial charge in [0.05, 0.1) is 12.7 Å². The van der Waals surface area contributed by atoms with Crippen LogP contribution in [0.2, 0.25) is 0 Å². The van der Waals surface area contributed by atoms with Crippen molar-refractivity contribution in [1.29, 1.82) is 0 Å². The summed E-state index contributed by atoms with van der Waals surface area (Å²) in [6.07, 6.45) is 4.49. The van der Waals surface area contributed by atoms with Gasteiger partial charge in [-0.3, -0.25) is 4.79 Å². The zero-order chi connectivity index (χ0) is 8.39. The second kappa shape index (κ2) is 2.85. The van der Waals surface area contributed by atoms with E-state index >= 15 is 0 Å². The number of hydrogen-bond acceptors (Lipinski definition) is 3. The van der Waals surface area contributed by atoms with Crippen molar-refractivity contribution < 1.29 is 13.9 Å². The maximum absolute atomic E-state index is 10.7. The third-order valence-electron chi connectivity index (χ3n) is 1.67. The predicted molar refractivity (Wildman–Crippen MR) is 42.0 cm³/mol. The number of cyclic esters (lactones) is 1. The minimum Gasteiger partial charge on any atom is -0.465 e. The highest BCUT2D eigenvalue weighted by molar-refractivity contribution is 5.75. The summed E-state index contributed by atoms with van der Waals surface area (Å²) in [5, 5.41) is 0. The molecule has 0 atom stereocenters. The molecule has 1 aromatic rings. The number of esters is 1. The lowest BCUT2D eigenvalue weighted by Gasteiger charge is -1.92. The van der Waals surface area contributed by atoms with Crippen molar-refractivity contribution in [3.05, 3.63) is 29.9 Å². The first-order valence-electron chi connectivity index (χ1n) is 3.79. The standard InChI is InChI=1S/C9H8O3/c10-9-4-3-8(12-9)6-7-2-1-5-11-7/h1-2,5-6H,3-4H2. The minimum absolute atomic E-state index is 0.159. The summed E-state index contributed by atoms with van der Waals surface area (Å²) >= 11 is 0. The van der Waals surface area contributed by atoms with Crippen molar-refractivity contribution in [3.63, 3.8) is 0 Å². The molecule has 1 aromatic heterocycles. The average molecular weight is 164 g/mol. The van der Waals surface area contributed by atoms with Crippen LogP contribution in [0.4, 0.5) is 0 Å². The van der Waals surface area contributed by atoms with Crippen LogP contribution in [-0.2, 0) is 9.53 Å². The number of ether oxygens (including phenoxy) is 1. The highest BCUT2D eigenvalue weighted by Gasteiger charge is 2.16. The molecule has 12 heavy (non-hydrogen) atoms. The molecule has 1 fully saturated rings. The quantitative estimate of drug-likeness (QED) is 0.595. The Morgan fingerprint density at radius 1 is 1.42 bits per heavy atom. The van der Waals surface area contributed by atoms with Gasteiger partial charge in [0, 0.05) is 12.5 Å². The molecule has 1 saturated heterocycles. The van der Waals surface area contributed by atoms with Gasteiger partial charge in [-0.1, -0.05) is 0 Å². The van der Waals surface area contributed by atoms with E-state index in [-0.39, 0.29) is 5.97 Å². The summed E-state index contributed by atoms with van der Waals surface area (Å²) in [4.78, 5) is 10.7. The molecule has 2 rings (SSSR count). The number of hydrogen-bond donors (Lipinski definition) is 0. The lowest BCUT2D eigenvalue weighted by molar-refractivity contribution is -0.135. The lowest BCUT2D eigenvalue weighted by atomic mass is 10.3. The summed E-state index contributed by atoms with van der Waals surface area (Å²) in [7, 11) is 0. The van der Waals surface area contributed by atoms with E-state index < -0.39 is 0 Å². The largest absolute Gasteiger partial charge is 0.465 e. The van der Waals surface area contributed by atoms with Crippen LogP contribution in [0, 0.1) is 0 Å². The van der Waals surface area contributed by atoms with Crippen molar-refractivity contribution in [3.8, 4) is 0 Å². The van der Waals surface area contributed by atoms with Crippen molar-refractivity contribution in [2.24, 2.45) is 0 Å². The number of allylic oxidation sites excluding steroid dienone is 1. The van der Waals surface area contributed by atoms with Gasteiger partial charge in [-0.15, -0.1) is 0 Å². The van der Waals surface area contributed by atoms with Gasteiger partial charge in [-0.2, -0.15) is 0 Å². The van der Waals surface area contributed by atoms with Crippen LogP contribution < -0.4 is 0 Å². The maximum atomic E-state index is 10.7. The molecule has 0 aromatic carbocycles. The Bertz CT molecular complexity index is 309. The van der Waals surface area contributed by atoms with Gasteiger partial charge in [-0.25, -0.2) is 0 Å². The Morgan fingerprint density at radius 3 is 2.92 bits per heavy atom. The fourth-order valence-electron chi connectivity index (χ4n) is 1.11. The van der Waals surface area contributed by atoms with E-state index in [0.717, 1.165) is 5.76 Å². The van der Waals surface area contributed by atoms with E-state index in [9.17, 15) is 4.79 Å². The van der Waals surface area contributed by atoms with Gasteiger partial charge in [0.1, 0.15) is 11.5 Å². The Hall–Kier alpha value is -1.51. The summed E-state index contributed by atoms with van der Waals surface area (Å²) in [6.45, 7) is 0.